The highest BCUT2D eigenvalue weighted by molar-refractivity contribution is 6.30. The largest absolute Gasteiger partial charge is 0.503 e. The highest BCUT2D eigenvalue weighted by atomic mass is 35.5. The zero-order chi connectivity index (χ0) is 24.5. The molecule has 1 aromatic carbocycles. The molecule has 0 aliphatic carbocycles. The van der Waals surface area contributed by atoms with Gasteiger partial charge in [0, 0.05) is 17.3 Å². The highest BCUT2D eigenvalue weighted by Gasteiger charge is 2.28. The Kier molecular flexibility index (Phi) is 9.78. The van der Waals surface area contributed by atoms with Gasteiger partial charge in [-0.1, -0.05) is 31.5 Å². The van der Waals surface area contributed by atoms with Crippen LogP contribution < -0.4 is 14.8 Å². The number of nitrogens with zero attached hydrogens (tertiary/aromatic N) is 1. The van der Waals surface area contributed by atoms with E-state index in [2.05, 4.69) is 10.3 Å². The van der Waals surface area contributed by atoms with Crippen molar-refractivity contribution >= 4 is 23.5 Å². The Morgan fingerprint density at radius 2 is 1.91 bits per heavy atom. The summed E-state index contributed by atoms with van der Waals surface area (Å²) in [6, 6.07) is 7.47. The van der Waals surface area contributed by atoms with Crippen LogP contribution in [-0.2, 0) is 9.53 Å². The van der Waals surface area contributed by atoms with Gasteiger partial charge in [-0.25, -0.2) is 9.78 Å². The van der Waals surface area contributed by atoms with Gasteiger partial charge in [-0.05, 0) is 51.3 Å². The molecule has 0 saturated carbocycles. The molecule has 0 aliphatic heterocycles. The minimum atomic E-state index is -0.984. The minimum Gasteiger partial charge on any atom is -0.503 e. The summed E-state index contributed by atoms with van der Waals surface area (Å²) >= 11 is 6.04. The number of hydrogen-bond donors (Lipinski definition) is 2. The lowest BCUT2D eigenvalue weighted by Gasteiger charge is -2.27. The van der Waals surface area contributed by atoms with Crippen LogP contribution in [0.1, 0.15) is 51.5 Å². The fourth-order valence-electron chi connectivity index (χ4n) is 3.07. The summed E-state index contributed by atoms with van der Waals surface area (Å²) in [6.07, 6.45) is 0.980. The Morgan fingerprint density at radius 3 is 2.55 bits per heavy atom. The minimum absolute atomic E-state index is 0.135. The van der Waals surface area contributed by atoms with E-state index in [-0.39, 0.29) is 11.4 Å². The van der Waals surface area contributed by atoms with Gasteiger partial charge in [-0.15, -0.1) is 0 Å². The molecule has 0 saturated heterocycles. The van der Waals surface area contributed by atoms with Crippen LogP contribution in [0, 0.1) is 5.92 Å². The van der Waals surface area contributed by atoms with Crippen molar-refractivity contribution in [2.24, 2.45) is 5.92 Å². The molecule has 180 valence electrons. The summed E-state index contributed by atoms with van der Waals surface area (Å²) in [5, 5.41) is 13.3. The maximum absolute atomic E-state index is 12.7. The summed E-state index contributed by atoms with van der Waals surface area (Å²) in [7, 11) is 0. The molecule has 0 fully saturated rings. The fourth-order valence-corrected chi connectivity index (χ4v) is 3.26. The first-order valence-corrected chi connectivity index (χ1v) is 11.2. The summed E-state index contributed by atoms with van der Waals surface area (Å²) in [4.78, 5) is 29.1. The molecule has 3 atom stereocenters. The van der Waals surface area contributed by atoms with Crippen molar-refractivity contribution in [3.8, 4) is 17.2 Å². The molecule has 1 heterocycles. The maximum atomic E-state index is 12.7. The number of benzene rings is 1. The molecule has 9 heteroatoms. The molecular weight excluding hydrogens is 448 g/mol. The number of carbonyl (C=O) groups is 2. The molecule has 2 aromatic rings. The number of ether oxygens (including phenoxy) is 3. The Labute approximate surface area is 199 Å². The zero-order valence-electron chi connectivity index (χ0n) is 19.5. The van der Waals surface area contributed by atoms with Crippen molar-refractivity contribution in [1.29, 1.82) is 0 Å². The number of nitrogens with one attached hydrogen (secondary N) is 1. The zero-order valence-corrected chi connectivity index (χ0v) is 20.3. The van der Waals surface area contributed by atoms with Crippen LogP contribution in [0.2, 0.25) is 5.02 Å². The number of hydrogen-bond acceptors (Lipinski definition) is 7. The molecule has 2 N–H and O–H groups in total. The third-order valence-corrected chi connectivity index (χ3v) is 4.95. The monoisotopic (exact) mass is 478 g/mol. The van der Waals surface area contributed by atoms with Gasteiger partial charge in [0.25, 0.3) is 5.91 Å². The number of rotatable bonds is 11. The number of pyridine rings is 1. The van der Waals surface area contributed by atoms with E-state index >= 15 is 0 Å². The van der Waals surface area contributed by atoms with E-state index in [1.54, 1.807) is 38.1 Å². The van der Waals surface area contributed by atoms with Crippen LogP contribution in [0.15, 0.2) is 36.5 Å². The first-order valence-electron chi connectivity index (χ1n) is 10.9. The second kappa shape index (κ2) is 12.3. The second-order valence-corrected chi connectivity index (χ2v) is 8.46. The predicted octanol–water partition coefficient (Wildman–Crippen LogP) is 4.38. The van der Waals surface area contributed by atoms with Crippen molar-refractivity contribution in [2.45, 2.75) is 59.3 Å². The van der Waals surface area contributed by atoms with Crippen molar-refractivity contribution in [1.82, 2.24) is 10.3 Å². The van der Waals surface area contributed by atoms with Crippen LogP contribution in [0.25, 0.3) is 0 Å². The molecular formula is C24H31ClN2O6. The first-order chi connectivity index (χ1) is 15.6. The lowest BCUT2D eigenvalue weighted by molar-refractivity contribution is -0.155. The van der Waals surface area contributed by atoms with Gasteiger partial charge in [-0.3, -0.25) is 4.79 Å². The van der Waals surface area contributed by atoms with Gasteiger partial charge in [0.2, 0.25) is 0 Å². The lowest BCUT2D eigenvalue weighted by atomic mass is 10.0. The fraction of sp³-hybridized carbons (Fsp3) is 0.458. The van der Waals surface area contributed by atoms with Crippen molar-refractivity contribution in [3.05, 3.63) is 47.2 Å². The topological polar surface area (TPSA) is 107 Å². The highest BCUT2D eigenvalue weighted by Crippen LogP contribution is 2.28. The average molecular weight is 479 g/mol. The van der Waals surface area contributed by atoms with Crippen LogP contribution in [0.5, 0.6) is 17.2 Å². The molecule has 1 aromatic heterocycles. The van der Waals surface area contributed by atoms with Gasteiger partial charge >= 0.3 is 5.97 Å². The Balaban J connectivity index is 2.03. The molecule has 2 rings (SSSR count). The molecule has 0 aliphatic rings. The van der Waals surface area contributed by atoms with E-state index in [1.165, 1.54) is 19.2 Å². The van der Waals surface area contributed by atoms with E-state index in [1.807, 2.05) is 13.8 Å². The molecule has 1 amide bonds. The number of halogens is 1. The molecule has 0 spiro atoms. The van der Waals surface area contributed by atoms with Crippen LogP contribution >= 0.6 is 11.6 Å². The molecule has 33 heavy (non-hydrogen) atoms. The Morgan fingerprint density at radius 1 is 1.18 bits per heavy atom. The van der Waals surface area contributed by atoms with Crippen LogP contribution in [-0.4, -0.2) is 46.8 Å². The normalized spacial score (nSPS) is 13.7. The standard InChI is InChI=1S/C24H31ClN2O6/c1-6-31-19-10-11-26-21(22(19)28)23(29)27-15(4)24(30)32-16(5)20(12-14(2)3)33-18-9-7-8-17(25)13-18/h7-11,13-16,20,28H,6,12H2,1-5H3,(H,27,29)/t15-,16-,20+/m0/s1. The third kappa shape index (κ3) is 7.82. The lowest BCUT2D eigenvalue weighted by Crippen LogP contribution is -2.43. The summed E-state index contributed by atoms with van der Waals surface area (Å²) in [6.45, 7) is 9.38. The maximum Gasteiger partial charge on any atom is 0.328 e. The number of esters is 1. The quantitative estimate of drug-likeness (QED) is 0.461. The van der Waals surface area contributed by atoms with Gasteiger partial charge < -0.3 is 24.6 Å². The Bertz CT molecular complexity index is 952. The molecule has 0 bridgehead atoms. The van der Waals surface area contributed by atoms with Crippen LogP contribution in [0.3, 0.4) is 0 Å². The van der Waals surface area contributed by atoms with E-state index < -0.39 is 35.9 Å². The Hall–Kier alpha value is -3.00. The number of carbonyl (C=O) groups excluding carboxylic acids is 2. The van der Waals surface area contributed by atoms with Gasteiger partial charge in [0.15, 0.2) is 17.2 Å². The van der Waals surface area contributed by atoms with Crippen molar-refractivity contribution in [2.75, 3.05) is 6.61 Å². The third-order valence-electron chi connectivity index (χ3n) is 4.72. The summed E-state index contributed by atoms with van der Waals surface area (Å²) in [5.74, 6) is -0.749. The van der Waals surface area contributed by atoms with E-state index in [0.29, 0.717) is 29.7 Å². The SMILES string of the molecule is CCOc1ccnc(C(=O)N[C@@H](C)C(=O)O[C@@H](C)[C@@H](CC(C)C)Oc2cccc(Cl)c2)c1O. The number of amides is 1. The average Bonchev–Trinajstić information content (AvgIpc) is 2.74. The van der Waals surface area contributed by atoms with E-state index in [4.69, 9.17) is 25.8 Å². The van der Waals surface area contributed by atoms with Gasteiger partial charge in [0.1, 0.15) is 24.0 Å². The van der Waals surface area contributed by atoms with Gasteiger partial charge in [0.05, 0.1) is 6.61 Å². The first kappa shape index (κ1) is 26.3. The summed E-state index contributed by atoms with van der Waals surface area (Å²) < 4.78 is 16.9. The van der Waals surface area contributed by atoms with E-state index in [9.17, 15) is 14.7 Å². The van der Waals surface area contributed by atoms with Crippen molar-refractivity contribution < 1.29 is 28.9 Å². The van der Waals surface area contributed by atoms with Crippen LogP contribution in [0.4, 0.5) is 0 Å². The van der Waals surface area contributed by atoms with Gasteiger partial charge in [-0.2, -0.15) is 0 Å². The van der Waals surface area contributed by atoms with Crippen molar-refractivity contribution in [3.63, 3.8) is 0 Å². The molecule has 0 unspecified atom stereocenters. The second-order valence-electron chi connectivity index (χ2n) is 8.02. The summed E-state index contributed by atoms with van der Waals surface area (Å²) in [5.41, 5.74) is -0.240. The smallest absolute Gasteiger partial charge is 0.328 e. The number of aromatic hydroxyl groups is 1. The number of aromatic nitrogens is 1. The van der Waals surface area contributed by atoms with E-state index in [0.717, 1.165) is 0 Å². The molecule has 0 radical (unpaired) electrons. The predicted molar refractivity (Wildman–Crippen MR) is 125 cm³/mol. The molecule has 8 nitrogen and oxygen atoms in total.